The number of rotatable bonds is 9. The van der Waals surface area contributed by atoms with Crippen LogP contribution in [0.15, 0.2) is 63.7 Å². The van der Waals surface area contributed by atoms with E-state index in [4.69, 9.17) is 20.9 Å². The number of thiol groups is 1. The van der Waals surface area contributed by atoms with Gasteiger partial charge in [-0.1, -0.05) is 18.2 Å². The summed E-state index contributed by atoms with van der Waals surface area (Å²) in [4.78, 5) is 7.49. The summed E-state index contributed by atoms with van der Waals surface area (Å²) >= 11 is 10.8. The first-order chi connectivity index (χ1) is 17.0. The number of nitrogens with one attached hydrogen (secondary N) is 2. The number of alkyl halides is 2. The van der Waals surface area contributed by atoms with Gasteiger partial charge in [-0.3, -0.25) is 0 Å². The molecule has 0 radical (unpaired) electrons. The fourth-order valence-electron chi connectivity index (χ4n) is 3.66. The smallest absolute Gasteiger partial charge is 0.387 e. The molecule has 1 heterocycles. The van der Waals surface area contributed by atoms with Crippen LogP contribution in [-0.4, -0.2) is 44.3 Å². The van der Waals surface area contributed by atoms with Crippen LogP contribution >= 0.6 is 42.3 Å². The van der Waals surface area contributed by atoms with Crippen LogP contribution in [0.25, 0.3) is 0 Å². The third-order valence-electron chi connectivity index (χ3n) is 5.22. The Bertz CT molecular complexity index is 1180. The molecule has 12 heteroatoms. The van der Waals surface area contributed by atoms with Gasteiger partial charge in [0.1, 0.15) is 17.3 Å². The highest BCUT2D eigenvalue weighted by Gasteiger charge is 2.19. The quantitative estimate of drug-likeness (QED) is 0.0951. The topological polar surface area (TPSA) is 58.1 Å². The standard InChI is InChI=1S/C25H30ClF2N4O2PS.H3P/c1-6-19(26)24(31-20-8-7-18(36)13-23(20)34-35(4)5)30-15(2)29-21-11-17-14-32(3)10-9-16(17)12-22(21)33-25(27)28;/h6-8,11-13,25,31,36H,1,9-10,14H2,2-5H3,(H,29,30);1H3/b24-19-;. The molecule has 0 fully saturated rings. The summed E-state index contributed by atoms with van der Waals surface area (Å²) in [5, 5.41) is 6.56. The molecule has 0 spiro atoms. The van der Waals surface area contributed by atoms with Gasteiger partial charge in [0.2, 0.25) is 0 Å². The largest absolute Gasteiger partial charge is 0.472 e. The lowest BCUT2D eigenvalue weighted by atomic mass is 9.98. The Hall–Kier alpha value is -1.89. The average Bonchev–Trinajstić information content (AvgIpc) is 2.79. The fourth-order valence-corrected chi connectivity index (χ4v) is 4.49. The van der Waals surface area contributed by atoms with E-state index in [1.165, 1.54) is 6.08 Å². The first kappa shape index (κ1) is 31.3. The number of hydrogen-bond acceptors (Lipinski definition) is 6. The van der Waals surface area contributed by atoms with Gasteiger partial charge in [0.25, 0.3) is 0 Å². The van der Waals surface area contributed by atoms with Crippen LogP contribution in [-0.2, 0) is 13.0 Å². The Labute approximate surface area is 232 Å². The van der Waals surface area contributed by atoms with Crippen molar-refractivity contribution in [2.75, 3.05) is 37.6 Å². The maximum Gasteiger partial charge on any atom is 0.387 e. The Morgan fingerprint density at radius 2 is 1.92 bits per heavy atom. The zero-order chi connectivity index (χ0) is 26.4. The van der Waals surface area contributed by atoms with Crippen molar-refractivity contribution < 1.29 is 18.0 Å². The fraction of sp³-hybridized carbons (Fsp3) is 0.320. The lowest BCUT2D eigenvalue weighted by Crippen LogP contribution is -2.27. The highest BCUT2D eigenvalue weighted by Crippen LogP contribution is 2.38. The van der Waals surface area contributed by atoms with Crippen molar-refractivity contribution >= 4 is 59.5 Å². The molecule has 6 nitrogen and oxygen atoms in total. The molecule has 202 valence electrons. The van der Waals surface area contributed by atoms with Crippen molar-refractivity contribution in [3.8, 4) is 11.5 Å². The molecule has 2 aromatic rings. The second kappa shape index (κ2) is 14.3. The van der Waals surface area contributed by atoms with Gasteiger partial charge >= 0.3 is 6.61 Å². The molecule has 0 saturated carbocycles. The minimum Gasteiger partial charge on any atom is -0.472 e. The molecule has 0 amide bonds. The zero-order valence-electron chi connectivity index (χ0n) is 21.3. The van der Waals surface area contributed by atoms with Gasteiger partial charge in [-0.25, -0.2) is 4.99 Å². The number of likely N-dealkylation sites (N-methyl/N-ethyl adjacent to an activating group) is 1. The number of fused-ring (bicyclic) bond motifs is 1. The van der Waals surface area contributed by atoms with Crippen molar-refractivity contribution in [2.24, 2.45) is 4.99 Å². The van der Waals surface area contributed by atoms with Gasteiger partial charge in [0.05, 0.1) is 24.6 Å². The van der Waals surface area contributed by atoms with Crippen molar-refractivity contribution in [1.82, 2.24) is 4.90 Å². The Morgan fingerprint density at radius 1 is 1.19 bits per heavy atom. The molecule has 1 aliphatic rings. The summed E-state index contributed by atoms with van der Waals surface area (Å²) in [5.74, 6) is 1.38. The summed E-state index contributed by atoms with van der Waals surface area (Å²) in [6.45, 7) is 8.03. The van der Waals surface area contributed by atoms with E-state index in [2.05, 4.69) is 39.7 Å². The molecule has 0 bridgehead atoms. The summed E-state index contributed by atoms with van der Waals surface area (Å²) in [5.41, 5.74) is 3.08. The Morgan fingerprint density at radius 3 is 2.57 bits per heavy atom. The second-order valence-electron chi connectivity index (χ2n) is 8.42. The molecule has 1 aliphatic heterocycles. The monoisotopic (exact) mass is 588 g/mol. The normalized spacial score (nSPS) is 14.5. The molecular formula is C25H33ClF2N4O2P2S. The predicted molar refractivity (Wildman–Crippen MR) is 161 cm³/mol. The van der Waals surface area contributed by atoms with Gasteiger partial charge in [0.15, 0.2) is 5.82 Å². The van der Waals surface area contributed by atoms with E-state index in [9.17, 15) is 8.78 Å². The number of ether oxygens (including phenoxy) is 1. The molecule has 2 N–H and O–H groups in total. The van der Waals surface area contributed by atoms with E-state index in [0.29, 0.717) is 35.3 Å². The van der Waals surface area contributed by atoms with Gasteiger partial charge in [-0.05, 0) is 81.3 Å². The van der Waals surface area contributed by atoms with E-state index in [0.717, 1.165) is 29.0 Å². The SMILES string of the molecule is C=C/C(Cl)=C(\N=C(/C)Nc1cc2c(cc1OC(F)F)CCN(C)C2)Nc1ccc(S)cc1OP(C)C.P. The van der Waals surface area contributed by atoms with Crippen LogP contribution < -0.4 is 19.9 Å². The van der Waals surface area contributed by atoms with Crippen LogP contribution in [0.1, 0.15) is 18.1 Å². The lowest BCUT2D eigenvalue weighted by Gasteiger charge is -2.26. The Balaban J connectivity index is 0.00000481. The number of allylic oxidation sites excluding steroid dienone is 2. The number of amidine groups is 1. The van der Waals surface area contributed by atoms with E-state index in [1.807, 2.05) is 38.6 Å². The number of halogens is 3. The van der Waals surface area contributed by atoms with E-state index < -0.39 is 14.8 Å². The number of anilines is 2. The van der Waals surface area contributed by atoms with Gasteiger partial charge in [0, 0.05) is 18.0 Å². The maximum atomic E-state index is 13.1. The molecule has 2 aromatic carbocycles. The van der Waals surface area contributed by atoms with Crippen molar-refractivity contribution in [3.63, 3.8) is 0 Å². The molecule has 3 rings (SSSR count). The first-order valence-electron chi connectivity index (χ1n) is 11.1. The number of nitrogens with zero attached hydrogens (tertiary/aromatic N) is 2. The molecule has 0 aromatic heterocycles. The van der Waals surface area contributed by atoms with Crippen LogP contribution in [0.3, 0.4) is 0 Å². The summed E-state index contributed by atoms with van der Waals surface area (Å²) in [7, 11) is 1.33. The molecule has 1 unspecified atom stereocenters. The third kappa shape index (κ3) is 9.12. The summed E-state index contributed by atoms with van der Waals surface area (Å²) in [6.07, 6.45) is 2.22. The lowest BCUT2D eigenvalue weighted by molar-refractivity contribution is -0.0494. The minimum absolute atomic E-state index is 0. The van der Waals surface area contributed by atoms with E-state index >= 15 is 0 Å². The van der Waals surface area contributed by atoms with E-state index in [-0.39, 0.29) is 20.7 Å². The van der Waals surface area contributed by atoms with E-state index in [1.54, 1.807) is 19.1 Å². The molecule has 1 atom stereocenters. The first-order valence-corrected chi connectivity index (χ1v) is 14.1. The van der Waals surface area contributed by atoms with Crippen LogP contribution in [0.5, 0.6) is 11.5 Å². The highest BCUT2D eigenvalue weighted by atomic mass is 35.5. The number of hydrogen-bond donors (Lipinski definition) is 3. The third-order valence-corrected chi connectivity index (χ3v) is 6.39. The molecule has 0 saturated heterocycles. The van der Waals surface area contributed by atoms with Crippen molar-refractivity contribution in [1.29, 1.82) is 0 Å². The number of aliphatic imine (C=N–C) groups is 1. The predicted octanol–water partition coefficient (Wildman–Crippen LogP) is 7.19. The maximum absolute atomic E-state index is 13.1. The van der Waals surface area contributed by atoms with Crippen molar-refractivity contribution in [2.45, 2.75) is 31.4 Å². The minimum atomic E-state index is -2.95. The summed E-state index contributed by atoms with van der Waals surface area (Å²) in [6, 6.07) is 8.94. The van der Waals surface area contributed by atoms with Crippen molar-refractivity contribution in [3.05, 3.63) is 65.0 Å². The molecular weight excluding hydrogens is 556 g/mol. The number of benzene rings is 2. The molecule has 0 aliphatic carbocycles. The second-order valence-corrected chi connectivity index (χ2v) is 11.1. The van der Waals surface area contributed by atoms with Gasteiger partial charge in [-0.2, -0.15) is 18.7 Å². The average molecular weight is 589 g/mol. The van der Waals surface area contributed by atoms with Gasteiger partial charge in [-0.15, -0.1) is 12.6 Å². The van der Waals surface area contributed by atoms with Gasteiger partial charge < -0.3 is 24.8 Å². The molecule has 37 heavy (non-hydrogen) atoms. The highest BCUT2D eigenvalue weighted by molar-refractivity contribution is 7.80. The Kier molecular flexibility index (Phi) is 12.1. The zero-order valence-corrected chi connectivity index (χ0v) is 25.3. The summed E-state index contributed by atoms with van der Waals surface area (Å²) < 4.78 is 37.1. The van der Waals surface area contributed by atoms with Crippen LogP contribution in [0.2, 0.25) is 0 Å². The van der Waals surface area contributed by atoms with Crippen LogP contribution in [0.4, 0.5) is 20.2 Å². The van der Waals surface area contributed by atoms with Crippen LogP contribution in [0, 0.1) is 0 Å².